The highest BCUT2D eigenvalue weighted by Crippen LogP contribution is 2.23. The second kappa shape index (κ2) is 6.98. The van der Waals surface area contributed by atoms with Crippen molar-refractivity contribution in [1.82, 2.24) is 4.90 Å². The summed E-state index contributed by atoms with van der Waals surface area (Å²) in [6.45, 7) is 0.170. The molecule has 2 rings (SSSR count). The summed E-state index contributed by atoms with van der Waals surface area (Å²) >= 11 is 3.19. The Labute approximate surface area is 135 Å². The summed E-state index contributed by atoms with van der Waals surface area (Å²) < 4.78 is 27.9. The van der Waals surface area contributed by atoms with Crippen LogP contribution < -0.4 is 5.73 Å². The SMILES string of the molecule is CN(Cc1ccc(Br)cc1F)C(C(N)=O)c1cccc(F)c1. The molecule has 116 valence electrons. The smallest absolute Gasteiger partial charge is 0.239 e. The lowest BCUT2D eigenvalue weighted by Gasteiger charge is -2.26. The number of halogens is 3. The van der Waals surface area contributed by atoms with E-state index in [-0.39, 0.29) is 12.4 Å². The van der Waals surface area contributed by atoms with Crippen LogP contribution in [0.2, 0.25) is 0 Å². The first-order chi connectivity index (χ1) is 10.4. The number of primary amides is 1. The number of amides is 1. The van der Waals surface area contributed by atoms with Crippen molar-refractivity contribution in [2.75, 3.05) is 7.05 Å². The molecule has 0 aliphatic carbocycles. The molecule has 0 aliphatic heterocycles. The third kappa shape index (κ3) is 3.90. The maximum atomic E-state index is 13.9. The van der Waals surface area contributed by atoms with Crippen LogP contribution >= 0.6 is 15.9 Å². The number of carbonyl (C=O) groups excluding carboxylic acids is 1. The molecule has 0 heterocycles. The van der Waals surface area contributed by atoms with Gasteiger partial charge in [0.15, 0.2) is 0 Å². The Morgan fingerprint density at radius 2 is 2.00 bits per heavy atom. The predicted molar refractivity (Wildman–Crippen MR) is 83.9 cm³/mol. The molecule has 0 spiro atoms. The minimum Gasteiger partial charge on any atom is -0.368 e. The standard InChI is InChI=1S/C16H15BrF2N2O/c1-21(9-11-5-6-12(17)8-14(11)19)15(16(20)22)10-3-2-4-13(18)7-10/h2-8,15H,9H2,1H3,(H2,20,22). The number of hydrogen-bond donors (Lipinski definition) is 1. The minimum absolute atomic E-state index is 0.170. The first-order valence-electron chi connectivity index (χ1n) is 6.57. The van der Waals surface area contributed by atoms with Crippen LogP contribution in [-0.2, 0) is 11.3 Å². The fourth-order valence-corrected chi connectivity index (χ4v) is 2.66. The summed E-state index contributed by atoms with van der Waals surface area (Å²) in [6, 6.07) is 9.53. The molecule has 1 amide bonds. The number of carbonyl (C=O) groups is 1. The van der Waals surface area contributed by atoms with Crippen LogP contribution in [0.4, 0.5) is 8.78 Å². The lowest BCUT2D eigenvalue weighted by Crippen LogP contribution is -2.35. The topological polar surface area (TPSA) is 46.3 Å². The van der Waals surface area contributed by atoms with E-state index in [2.05, 4.69) is 15.9 Å². The van der Waals surface area contributed by atoms with Gasteiger partial charge in [-0.1, -0.05) is 34.1 Å². The Morgan fingerprint density at radius 3 is 2.59 bits per heavy atom. The van der Waals surface area contributed by atoms with Gasteiger partial charge in [0.05, 0.1) is 0 Å². The highest BCUT2D eigenvalue weighted by molar-refractivity contribution is 9.10. The van der Waals surface area contributed by atoms with E-state index in [0.29, 0.717) is 15.6 Å². The molecule has 2 aromatic carbocycles. The molecular weight excluding hydrogens is 354 g/mol. The highest BCUT2D eigenvalue weighted by atomic mass is 79.9. The van der Waals surface area contributed by atoms with Crippen molar-refractivity contribution < 1.29 is 13.6 Å². The van der Waals surface area contributed by atoms with Crippen molar-refractivity contribution >= 4 is 21.8 Å². The van der Waals surface area contributed by atoms with Crippen molar-refractivity contribution in [3.63, 3.8) is 0 Å². The van der Waals surface area contributed by atoms with Crippen molar-refractivity contribution in [3.05, 3.63) is 69.7 Å². The van der Waals surface area contributed by atoms with Crippen LogP contribution in [0.25, 0.3) is 0 Å². The Kier molecular flexibility index (Phi) is 5.26. The number of likely N-dealkylation sites (N-methyl/N-ethyl adjacent to an activating group) is 1. The zero-order valence-electron chi connectivity index (χ0n) is 11.9. The molecule has 2 aromatic rings. The van der Waals surface area contributed by atoms with Crippen molar-refractivity contribution in [2.45, 2.75) is 12.6 Å². The molecule has 0 fully saturated rings. The number of nitrogens with zero attached hydrogens (tertiary/aromatic N) is 1. The molecule has 3 nitrogen and oxygen atoms in total. The zero-order chi connectivity index (χ0) is 16.3. The molecular formula is C16H15BrF2N2O. The Balaban J connectivity index is 2.27. The highest BCUT2D eigenvalue weighted by Gasteiger charge is 2.24. The summed E-state index contributed by atoms with van der Waals surface area (Å²) in [4.78, 5) is 13.3. The van der Waals surface area contributed by atoms with Gasteiger partial charge < -0.3 is 5.73 Å². The molecule has 0 aliphatic rings. The van der Waals surface area contributed by atoms with Gasteiger partial charge in [0.1, 0.15) is 17.7 Å². The van der Waals surface area contributed by atoms with Crippen molar-refractivity contribution in [2.24, 2.45) is 5.73 Å². The Morgan fingerprint density at radius 1 is 1.27 bits per heavy atom. The fourth-order valence-electron chi connectivity index (χ4n) is 2.32. The van der Waals surface area contributed by atoms with Gasteiger partial charge in [-0.25, -0.2) is 8.78 Å². The molecule has 2 N–H and O–H groups in total. The van der Waals surface area contributed by atoms with Gasteiger partial charge in [-0.3, -0.25) is 9.69 Å². The monoisotopic (exact) mass is 368 g/mol. The first kappa shape index (κ1) is 16.6. The van der Waals surface area contributed by atoms with Crippen LogP contribution in [0.15, 0.2) is 46.9 Å². The number of hydrogen-bond acceptors (Lipinski definition) is 2. The molecule has 6 heteroatoms. The summed E-state index contributed by atoms with van der Waals surface area (Å²) in [5.41, 5.74) is 6.29. The summed E-state index contributed by atoms with van der Waals surface area (Å²) in [5.74, 6) is -1.46. The molecule has 0 saturated carbocycles. The third-order valence-corrected chi connectivity index (χ3v) is 3.80. The zero-order valence-corrected chi connectivity index (χ0v) is 13.5. The Hall–Kier alpha value is -1.79. The lowest BCUT2D eigenvalue weighted by atomic mass is 10.0. The molecule has 1 atom stereocenters. The molecule has 0 saturated heterocycles. The van der Waals surface area contributed by atoms with Gasteiger partial charge in [-0.05, 0) is 36.9 Å². The van der Waals surface area contributed by atoms with Gasteiger partial charge in [-0.15, -0.1) is 0 Å². The van der Waals surface area contributed by atoms with E-state index in [1.54, 1.807) is 30.1 Å². The molecule has 0 aromatic heterocycles. The van der Waals surface area contributed by atoms with E-state index < -0.39 is 17.8 Å². The van der Waals surface area contributed by atoms with Crippen LogP contribution in [0, 0.1) is 11.6 Å². The maximum Gasteiger partial charge on any atom is 0.239 e. The van der Waals surface area contributed by atoms with E-state index in [1.165, 1.54) is 24.3 Å². The predicted octanol–water partition coefficient (Wildman–Crippen LogP) is 3.39. The summed E-state index contributed by atoms with van der Waals surface area (Å²) in [7, 11) is 1.64. The number of benzene rings is 2. The fraction of sp³-hybridized carbons (Fsp3) is 0.188. The van der Waals surface area contributed by atoms with Gasteiger partial charge in [0, 0.05) is 16.6 Å². The molecule has 0 bridgehead atoms. The molecule has 1 unspecified atom stereocenters. The minimum atomic E-state index is -0.834. The largest absolute Gasteiger partial charge is 0.368 e. The van der Waals surface area contributed by atoms with Gasteiger partial charge in [0.2, 0.25) is 5.91 Å². The third-order valence-electron chi connectivity index (χ3n) is 3.31. The molecule has 22 heavy (non-hydrogen) atoms. The quantitative estimate of drug-likeness (QED) is 0.879. The number of rotatable bonds is 5. The van der Waals surface area contributed by atoms with Gasteiger partial charge in [0.25, 0.3) is 0 Å². The number of nitrogens with two attached hydrogens (primary N) is 1. The second-order valence-corrected chi connectivity index (χ2v) is 5.93. The van der Waals surface area contributed by atoms with Crippen LogP contribution in [0.3, 0.4) is 0 Å². The van der Waals surface area contributed by atoms with Crippen LogP contribution in [0.1, 0.15) is 17.2 Å². The average Bonchev–Trinajstić information content (AvgIpc) is 2.42. The van der Waals surface area contributed by atoms with Crippen molar-refractivity contribution in [3.8, 4) is 0 Å². The first-order valence-corrected chi connectivity index (χ1v) is 7.36. The van der Waals surface area contributed by atoms with E-state index in [0.717, 1.165) is 0 Å². The van der Waals surface area contributed by atoms with E-state index in [4.69, 9.17) is 5.73 Å². The maximum absolute atomic E-state index is 13.9. The second-order valence-electron chi connectivity index (χ2n) is 5.01. The van der Waals surface area contributed by atoms with E-state index in [9.17, 15) is 13.6 Å². The van der Waals surface area contributed by atoms with Gasteiger partial charge in [-0.2, -0.15) is 0 Å². The van der Waals surface area contributed by atoms with Crippen molar-refractivity contribution in [1.29, 1.82) is 0 Å². The average molecular weight is 369 g/mol. The Bertz CT molecular complexity index is 694. The summed E-state index contributed by atoms with van der Waals surface area (Å²) in [6.07, 6.45) is 0. The normalized spacial score (nSPS) is 12.4. The van der Waals surface area contributed by atoms with Crippen LogP contribution in [-0.4, -0.2) is 17.9 Å². The summed E-state index contributed by atoms with van der Waals surface area (Å²) in [5, 5.41) is 0. The van der Waals surface area contributed by atoms with E-state index in [1.807, 2.05) is 0 Å². The lowest BCUT2D eigenvalue weighted by molar-refractivity contribution is -0.123. The van der Waals surface area contributed by atoms with Gasteiger partial charge >= 0.3 is 0 Å². The molecule has 0 radical (unpaired) electrons. The van der Waals surface area contributed by atoms with E-state index >= 15 is 0 Å². The van der Waals surface area contributed by atoms with Crippen LogP contribution in [0.5, 0.6) is 0 Å².